The summed E-state index contributed by atoms with van der Waals surface area (Å²) in [5, 5.41) is 0. The van der Waals surface area contributed by atoms with E-state index in [0.29, 0.717) is 23.8 Å². The molecule has 0 heterocycles. The van der Waals surface area contributed by atoms with Gasteiger partial charge < -0.3 is 4.74 Å². The second-order valence-electron chi connectivity index (χ2n) is 4.80. The minimum Gasteiger partial charge on any atom is -0.493 e. The Kier molecular flexibility index (Phi) is 8.14. The molecule has 0 saturated heterocycles. The summed E-state index contributed by atoms with van der Waals surface area (Å²) in [4.78, 5) is 0. The Bertz CT molecular complexity index is 462. The molecule has 0 aliphatic heterocycles. The summed E-state index contributed by atoms with van der Waals surface area (Å²) in [7, 11) is 0. The van der Waals surface area contributed by atoms with Gasteiger partial charge in [0.2, 0.25) is 0 Å². The lowest BCUT2D eigenvalue weighted by molar-refractivity contribution is 0.232. The van der Waals surface area contributed by atoms with E-state index in [-0.39, 0.29) is 11.7 Å². The Balaban J connectivity index is 2.58. The minimum atomic E-state index is -0.360. The molecule has 0 saturated carbocycles. The van der Waals surface area contributed by atoms with Crippen LogP contribution in [0.25, 0.3) is 0 Å². The standard InChI is InChI=1S/C17H22ClFO/c1-3-5-7-14(4-2)13-20-16-10-9-15(8-6-11-18)17(19)12-16/h9-10,12,14H,3-5,7,11,13H2,1-2H3. The van der Waals surface area contributed by atoms with Crippen LogP contribution in [-0.4, -0.2) is 12.5 Å². The molecule has 0 N–H and O–H groups in total. The molecule has 1 unspecified atom stereocenters. The lowest BCUT2D eigenvalue weighted by Crippen LogP contribution is -2.11. The van der Waals surface area contributed by atoms with E-state index in [1.165, 1.54) is 18.9 Å². The Morgan fingerprint density at radius 2 is 2.15 bits per heavy atom. The molecule has 0 aromatic heterocycles. The SMILES string of the molecule is CCCCC(CC)COc1ccc(C#CCCl)c(F)c1. The van der Waals surface area contributed by atoms with E-state index in [0.717, 1.165) is 12.8 Å². The monoisotopic (exact) mass is 296 g/mol. The third-order valence-electron chi connectivity index (χ3n) is 3.26. The number of benzene rings is 1. The van der Waals surface area contributed by atoms with Crippen molar-refractivity contribution in [1.82, 2.24) is 0 Å². The van der Waals surface area contributed by atoms with Crippen LogP contribution in [0.3, 0.4) is 0 Å². The van der Waals surface area contributed by atoms with Crippen LogP contribution in [-0.2, 0) is 0 Å². The second-order valence-corrected chi connectivity index (χ2v) is 5.07. The molecular formula is C17H22ClFO. The highest BCUT2D eigenvalue weighted by Crippen LogP contribution is 2.19. The molecule has 0 aliphatic rings. The first-order chi connectivity index (χ1) is 9.71. The molecule has 1 aromatic carbocycles. The van der Waals surface area contributed by atoms with Gasteiger partial charge in [0.15, 0.2) is 0 Å². The zero-order valence-corrected chi connectivity index (χ0v) is 13.0. The quantitative estimate of drug-likeness (QED) is 0.507. The molecule has 0 radical (unpaired) electrons. The minimum absolute atomic E-state index is 0.202. The Labute approximate surface area is 126 Å². The Morgan fingerprint density at radius 3 is 2.75 bits per heavy atom. The Morgan fingerprint density at radius 1 is 1.35 bits per heavy atom. The van der Waals surface area contributed by atoms with E-state index in [9.17, 15) is 4.39 Å². The van der Waals surface area contributed by atoms with E-state index in [1.54, 1.807) is 12.1 Å². The van der Waals surface area contributed by atoms with Crippen LogP contribution >= 0.6 is 11.6 Å². The van der Waals surface area contributed by atoms with E-state index in [1.807, 2.05) is 0 Å². The Hall–Kier alpha value is -1.20. The molecular weight excluding hydrogens is 275 g/mol. The average Bonchev–Trinajstić information content (AvgIpc) is 2.46. The molecule has 110 valence electrons. The zero-order valence-electron chi connectivity index (χ0n) is 12.2. The van der Waals surface area contributed by atoms with Crippen molar-refractivity contribution in [2.75, 3.05) is 12.5 Å². The fourth-order valence-corrected chi connectivity index (χ4v) is 1.99. The smallest absolute Gasteiger partial charge is 0.142 e. The lowest BCUT2D eigenvalue weighted by Gasteiger charge is -2.15. The predicted molar refractivity (Wildman–Crippen MR) is 82.8 cm³/mol. The number of halogens is 2. The molecule has 1 nitrogen and oxygen atoms in total. The maximum absolute atomic E-state index is 13.8. The van der Waals surface area contributed by atoms with Gasteiger partial charge in [0.1, 0.15) is 11.6 Å². The molecule has 0 bridgehead atoms. The number of rotatable bonds is 7. The van der Waals surface area contributed by atoms with Gasteiger partial charge in [0.05, 0.1) is 18.1 Å². The molecule has 20 heavy (non-hydrogen) atoms. The van der Waals surface area contributed by atoms with Gasteiger partial charge in [-0.1, -0.05) is 45.0 Å². The highest BCUT2D eigenvalue weighted by molar-refractivity contribution is 6.19. The fraction of sp³-hybridized carbons (Fsp3) is 0.529. The first kappa shape index (κ1) is 16.9. The number of hydrogen-bond donors (Lipinski definition) is 0. The van der Waals surface area contributed by atoms with Crippen molar-refractivity contribution < 1.29 is 9.13 Å². The van der Waals surface area contributed by atoms with Crippen molar-refractivity contribution in [3.8, 4) is 17.6 Å². The normalized spacial score (nSPS) is 11.6. The van der Waals surface area contributed by atoms with Crippen LogP contribution in [0.4, 0.5) is 4.39 Å². The van der Waals surface area contributed by atoms with Crippen molar-refractivity contribution >= 4 is 11.6 Å². The van der Waals surface area contributed by atoms with Crippen LogP contribution in [0.2, 0.25) is 0 Å². The molecule has 1 aromatic rings. The zero-order chi connectivity index (χ0) is 14.8. The van der Waals surface area contributed by atoms with Crippen molar-refractivity contribution in [1.29, 1.82) is 0 Å². The van der Waals surface area contributed by atoms with Gasteiger partial charge in [0, 0.05) is 6.07 Å². The number of ether oxygens (including phenoxy) is 1. The van der Waals surface area contributed by atoms with Crippen LogP contribution in [0, 0.1) is 23.6 Å². The van der Waals surface area contributed by atoms with E-state index in [4.69, 9.17) is 16.3 Å². The van der Waals surface area contributed by atoms with E-state index >= 15 is 0 Å². The second kappa shape index (κ2) is 9.66. The van der Waals surface area contributed by atoms with Crippen molar-refractivity contribution in [2.45, 2.75) is 39.5 Å². The summed E-state index contributed by atoms with van der Waals surface area (Å²) in [6.07, 6.45) is 4.65. The number of unbranched alkanes of at least 4 members (excludes halogenated alkanes) is 1. The topological polar surface area (TPSA) is 9.23 Å². The fourth-order valence-electron chi connectivity index (χ4n) is 1.93. The molecule has 0 fully saturated rings. The number of hydrogen-bond acceptors (Lipinski definition) is 1. The molecule has 0 amide bonds. The van der Waals surface area contributed by atoms with Gasteiger partial charge >= 0.3 is 0 Å². The van der Waals surface area contributed by atoms with Gasteiger partial charge in [-0.15, -0.1) is 11.6 Å². The maximum atomic E-state index is 13.8. The third kappa shape index (κ3) is 5.84. The molecule has 0 aliphatic carbocycles. The summed E-state index contributed by atoms with van der Waals surface area (Å²) in [5.74, 6) is 6.27. The summed E-state index contributed by atoms with van der Waals surface area (Å²) >= 11 is 5.46. The first-order valence-corrected chi connectivity index (χ1v) is 7.71. The van der Waals surface area contributed by atoms with Gasteiger partial charge in [0.25, 0.3) is 0 Å². The molecule has 1 rings (SSSR count). The molecule has 0 spiro atoms. The summed E-state index contributed by atoms with van der Waals surface area (Å²) in [6.45, 7) is 4.99. The predicted octanol–water partition coefficient (Wildman–Crippen LogP) is 5.01. The van der Waals surface area contributed by atoms with Crippen LogP contribution in [0.15, 0.2) is 18.2 Å². The highest BCUT2D eigenvalue weighted by atomic mass is 35.5. The van der Waals surface area contributed by atoms with Crippen molar-refractivity contribution in [3.05, 3.63) is 29.6 Å². The van der Waals surface area contributed by atoms with Crippen LogP contribution < -0.4 is 4.74 Å². The van der Waals surface area contributed by atoms with Gasteiger partial charge in [-0.05, 0) is 24.5 Å². The maximum Gasteiger partial charge on any atom is 0.142 e. The lowest BCUT2D eigenvalue weighted by atomic mass is 10.0. The number of alkyl halides is 1. The summed E-state index contributed by atoms with van der Waals surface area (Å²) in [6, 6.07) is 4.79. The molecule has 1 atom stereocenters. The van der Waals surface area contributed by atoms with Gasteiger partial charge in [-0.25, -0.2) is 4.39 Å². The van der Waals surface area contributed by atoms with Gasteiger partial charge in [-0.3, -0.25) is 0 Å². The summed E-state index contributed by atoms with van der Waals surface area (Å²) in [5.41, 5.74) is 0.357. The average molecular weight is 297 g/mol. The van der Waals surface area contributed by atoms with Crippen molar-refractivity contribution in [3.63, 3.8) is 0 Å². The third-order valence-corrected chi connectivity index (χ3v) is 3.39. The largest absolute Gasteiger partial charge is 0.493 e. The summed E-state index contributed by atoms with van der Waals surface area (Å²) < 4.78 is 19.4. The van der Waals surface area contributed by atoms with Crippen molar-refractivity contribution in [2.24, 2.45) is 5.92 Å². The van der Waals surface area contributed by atoms with E-state index in [2.05, 4.69) is 25.7 Å². The highest BCUT2D eigenvalue weighted by Gasteiger charge is 2.08. The van der Waals surface area contributed by atoms with Crippen LogP contribution in [0.1, 0.15) is 45.1 Å². The van der Waals surface area contributed by atoms with E-state index < -0.39 is 0 Å². The van der Waals surface area contributed by atoms with Gasteiger partial charge in [-0.2, -0.15) is 0 Å². The first-order valence-electron chi connectivity index (χ1n) is 7.18. The molecule has 3 heteroatoms. The van der Waals surface area contributed by atoms with Crippen LogP contribution in [0.5, 0.6) is 5.75 Å².